The van der Waals surface area contributed by atoms with Crippen LogP contribution in [0.2, 0.25) is 0 Å². The van der Waals surface area contributed by atoms with Crippen LogP contribution < -0.4 is 10.5 Å². The van der Waals surface area contributed by atoms with Crippen LogP contribution in [-0.4, -0.2) is 55.7 Å². The van der Waals surface area contributed by atoms with Gasteiger partial charge in [0.1, 0.15) is 12.4 Å². The summed E-state index contributed by atoms with van der Waals surface area (Å²) in [4.78, 5) is 4.84. The number of benzene rings is 1. The molecule has 2 N–H and O–H groups in total. The molecule has 18 heavy (non-hydrogen) atoms. The van der Waals surface area contributed by atoms with E-state index in [0.29, 0.717) is 18.3 Å². The van der Waals surface area contributed by atoms with Gasteiger partial charge in [0.15, 0.2) is 0 Å². The number of nitrogens with two attached hydrogens (primary N) is 1. The zero-order valence-corrected chi connectivity index (χ0v) is 11.3. The number of nitrogen functional groups attached to an aromatic ring is 1. The van der Waals surface area contributed by atoms with Crippen molar-refractivity contribution in [2.75, 3.05) is 45.6 Å². The van der Waals surface area contributed by atoms with E-state index in [0.717, 1.165) is 31.9 Å². The van der Waals surface area contributed by atoms with Crippen LogP contribution >= 0.6 is 0 Å². The first-order chi connectivity index (χ1) is 8.66. The third-order valence-corrected chi connectivity index (χ3v) is 3.52. The van der Waals surface area contributed by atoms with Gasteiger partial charge in [-0.1, -0.05) is 12.1 Å². The van der Waals surface area contributed by atoms with Crippen LogP contribution in [0.25, 0.3) is 0 Å². The summed E-state index contributed by atoms with van der Waals surface area (Å²) < 4.78 is 5.73. The molecule has 0 aliphatic carbocycles. The van der Waals surface area contributed by atoms with Crippen LogP contribution in [0.5, 0.6) is 5.75 Å². The first kappa shape index (κ1) is 13.2. The van der Waals surface area contributed by atoms with Crippen molar-refractivity contribution in [1.29, 1.82) is 0 Å². The van der Waals surface area contributed by atoms with Crippen molar-refractivity contribution in [3.8, 4) is 5.75 Å². The van der Waals surface area contributed by atoms with Crippen molar-refractivity contribution in [1.82, 2.24) is 9.80 Å². The highest BCUT2D eigenvalue weighted by Crippen LogP contribution is 2.19. The molecule has 1 aromatic carbocycles. The average Bonchev–Trinajstić information content (AvgIpc) is 2.34. The number of anilines is 1. The fraction of sp³-hybridized carbons (Fsp3) is 0.571. The van der Waals surface area contributed by atoms with Gasteiger partial charge in [0.2, 0.25) is 0 Å². The lowest BCUT2D eigenvalue weighted by Gasteiger charge is -2.38. The van der Waals surface area contributed by atoms with Crippen molar-refractivity contribution < 1.29 is 4.74 Å². The predicted octanol–water partition coefficient (Wildman–Crippen LogP) is 1.28. The van der Waals surface area contributed by atoms with E-state index in [-0.39, 0.29) is 0 Å². The second-order valence-electron chi connectivity index (χ2n) is 5.03. The average molecular weight is 249 g/mol. The lowest BCUT2D eigenvalue weighted by atomic mass is 10.2. The summed E-state index contributed by atoms with van der Waals surface area (Å²) in [6.45, 7) is 7.31. The molecule has 1 unspecified atom stereocenters. The molecule has 0 bridgehead atoms. The highest BCUT2D eigenvalue weighted by atomic mass is 16.5. The Morgan fingerprint density at radius 1 is 1.33 bits per heavy atom. The number of piperazine rings is 1. The molecule has 1 heterocycles. The summed E-state index contributed by atoms with van der Waals surface area (Å²) in [7, 11) is 2.18. The van der Waals surface area contributed by atoms with Gasteiger partial charge >= 0.3 is 0 Å². The Bertz CT molecular complexity index is 383. The van der Waals surface area contributed by atoms with Gasteiger partial charge in [0, 0.05) is 32.2 Å². The molecule has 0 saturated carbocycles. The number of nitrogens with zero attached hydrogens (tertiary/aromatic N) is 2. The fourth-order valence-electron chi connectivity index (χ4n) is 2.39. The van der Waals surface area contributed by atoms with E-state index in [1.807, 2.05) is 24.3 Å². The highest BCUT2D eigenvalue weighted by Gasteiger charge is 2.20. The fourth-order valence-corrected chi connectivity index (χ4v) is 2.39. The zero-order valence-electron chi connectivity index (χ0n) is 11.3. The van der Waals surface area contributed by atoms with Crippen LogP contribution in [0.1, 0.15) is 6.92 Å². The van der Waals surface area contributed by atoms with Gasteiger partial charge in [-0.15, -0.1) is 0 Å². The molecule has 100 valence electrons. The summed E-state index contributed by atoms with van der Waals surface area (Å²) in [5, 5.41) is 0. The molecule has 1 aromatic rings. The first-order valence-corrected chi connectivity index (χ1v) is 6.56. The van der Waals surface area contributed by atoms with Crippen molar-refractivity contribution in [3.05, 3.63) is 24.3 Å². The molecule has 0 spiro atoms. The minimum Gasteiger partial charge on any atom is -0.490 e. The lowest BCUT2D eigenvalue weighted by molar-refractivity contribution is 0.0859. The van der Waals surface area contributed by atoms with E-state index >= 15 is 0 Å². The summed E-state index contributed by atoms with van der Waals surface area (Å²) >= 11 is 0. The standard InChI is InChI=1S/C14H23N3O/c1-12-11-16(2)7-8-17(12)9-10-18-14-6-4-3-5-13(14)15/h3-6,12H,7-11,15H2,1-2H3. The van der Waals surface area contributed by atoms with Gasteiger partial charge < -0.3 is 15.4 Å². The number of hydrogen-bond acceptors (Lipinski definition) is 4. The van der Waals surface area contributed by atoms with Crippen LogP contribution in [-0.2, 0) is 0 Å². The molecule has 1 aliphatic heterocycles. The molecule has 2 rings (SSSR count). The van der Waals surface area contributed by atoms with Crippen molar-refractivity contribution in [2.45, 2.75) is 13.0 Å². The van der Waals surface area contributed by atoms with Gasteiger partial charge in [-0.25, -0.2) is 0 Å². The second-order valence-corrected chi connectivity index (χ2v) is 5.03. The van der Waals surface area contributed by atoms with Crippen molar-refractivity contribution in [3.63, 3.8) is 0 Å². The molecule has 1 fully saturated rings. The summed E-state index contributed by atoms with van der Waals surface area (Å²) in [5.74, 6) is 0.791. The minimum atomic E-state index is 0.598. The van der Waals surface area contributed by atoms with Gasteiger partial charge in [-0.05, 0) is 26.1 Å². The number of para-hydroxylation sites is 2. The summed E-state index contributed by atoms with van der Waals surface area (Å²) in [5.41, 5.74) is 6.55. The van der Waals surface area contributed by atoms with Crippen LogP contribution in [0.15, 0.2) is 24.3 Å². The number of rotatable bonds is 4. The van der Waals surface area contributed by atoms with E-state index in [1.165, 1.54) is 0 Å². The molecule has 0 aromatic heterocycles. The Kier molecular flexibility index (Phi) is 4.44. The number of likely N-dealkylation sites (N-methyl/N-ethyl adjacent to an activating group) is 1. The predicted molar refractivity (Wildman–Crippen MR) is 74.9 cm³/mol. The van der Waals surface area contributed by atoms with E-state index in [1.54, 1.807) is 0 Å². The van der Waals surface area contributed by atoms with Gasteiger partial charge in [-0.3, -0.25) is 4.90 Å². The topological polar surface area (TPSA) is 41.7 Å². The van der Waals surface area contributed by atoms with E-state index < -0.39 is 0 Å². The third kappa shape index (κ3) is 3.37. The van der Waals surface area contributed by atoms with Crippen LogP contribution in [0, 0.1) is 0 Å². The highest BCUT2D eigenvalue weighted by molar-refractivity contribution is 5.51. The SMILES string of the molecule is CC1CN(C)CCN1CCOc1ccccc1N. The quantitative estimate of drug-likeness (QED) is 0.816. The first-order valence-electron chi connectivity index (χ1n) is 6.56. The maximum absolute atomic E-state index is 5.84. The molecule has 1 aliphatic rings. The monoisotopic (exact) mass is 249 g/mol. The Labute approximate surface area is 109 Å². The minimum absolute atomic E-state index is 0.598. The lowest BCUT2D eigenvalue weighted by Crippen LogP contribution is -2.51. The molecule has 4 heteroatoms. The van der Waals surface area contributed by atoms with Crippen LogP contribution in [0.3, 0.4) is 0 Å². The zero-order chi connectivity index (χ0) is 13.0. The number of hydrogen-bond donors (Lipinski definition) is 1. The van der Waals surface area contributed by atoms with Crippen molar-refractivity contribution >= 4 is 5.69 Å². The van der Waals surface area contributed by atoms with Crippen LogP contribution in [0.4, 0.5) is 5.69 Å². The second kappa shape index (κ2) is 6.07. The molecule has 4 nitrogen and oxygen atoms in total. The van der Waals surface area contributed by atoms with Gasteiger partial charge in [0.05, 0.1) is 5.69 Å². The Balaban J connectivity index is 1.77. The molecule has 1 saturated heterocycles. The molecular weight excluding hydrogens is 226 g/mol. The van der Waals surface area contributed by atoms with E-state index in [4.69, 9.17) is 10.5 Å². The Morgan fingerprint density at radius 3 is 2.83 bits per heavy atom. The van der Waals surface area contributed by atoms with Gasteiger partial charge in [0.25, 0.3) is 0 Å². The molecule has 1 atom stereocenters. The number of ether oxygens (including phenoxy) is 1. The largest absolute Gasteiger partial charge is 0.490 e. The van der Waals surface area contributed by atoms with Gasteiger partial charge in [-0.2, -0.15) is 0 Å². The smallest absolute Gasteiger partial charge is 0.142 e. The molecule has 0 amide bonds. The third-order valence-electron chi connectivity index (χ3n) is 3.52. The maximum atomic E-state index is 5.84. The maximum Gasteiger partial charge on any atom is 0.142 e. The Hall–Kier alpha value is -1.26. The van der Waals surface area contributed by atoms with E-state index in [2.05, 4.69) is 23.8 Å². The summed E-state index contributed by atoms with van der Waals surface area (Å²) in [6, 6.07) is 8.26. The Morgan fingerprint density at radius 2 is 2.11 bits per heavy atom. The normalized spacial score (nSPS) is 22.0. The molecular formula is C14H23N3O. The van der Waals surface area contributed by atoms with Crippen molar-refractivity contribution in [2.24, 2.45) is 0 Å². The summed E-state index contributed by atoms with van der Waals surface area (Å²) in [6.07, 6.45) is 0. The van der Waals surface area contributed by atoms with E-state index in [9.17, 15) is 0 Å². The molecule has 0 radical (unpaired) electrons.